The second kappa shape index (κ2) is 5.35. The zero-order valence-corrected chi connectivity index (χ0v) is 11.4. The molecule has 0 radical (unpaired) electrons. The summed E-state index contributed by atoms with van der Waals surface area (Å²) in [7, 11) is 0. The van der Waals surface area contributed by atoms with E-state index in [1.165, 1.54) is 0 Å². The molecule has 0 fully saturated rings. The maximum Gasteiger partial charge on any atom is 0.136 e. The molecule has 1 N–H and O–H groups in total. The first-order valence-corrected chi connectivity index (χ1v) is 6.62. The molecule has 3 rings (SSSR count). The molecular formula is C17H12ClNO. The molecule has 20 heavy (non-hydrogen) atoms. The van der Waals surface area contributed by atoms with E-state index in [4.69, 9.17) is 11.6 Å². The van der Waals surface area contributed by atoms with Crippen molar-refractivity contribution in [3.05, 3.63) is 77.1 Å². The Labute approximate surface area is 122 Å². The van der Waals surface area contributed by atoms with Crippen molar-refractivity contribution in [2.24, 2.45) is 0 Å². The third-order valence-electron chi connectivity index (χ3n) is 3.12. The molecule has 0 spiro atoms. The van der Waals surface area contributed by atoms with E-state index in [0.29, 0.717) is 5.15 Å². The molecule has 0 aliphatic rings. The van der Waals surface area contributed by atoms with Crippen LogP contribution in [0.25, 0.3) is 22.6 Å². The van der Waals surface area contributed by atoms with Gasteiger partial charge in [-0.2, -0.15) is 0 Å². The Morgan fingerprint density at radius 1 is 1.05 bits per heavy atom. The van der Waals surface area contributed by atoms with Crippen molar-refractivity contribution < 1.29 is 5.11 Å². The Morgan fingerprint density at radius 3 is 2.65 bits per heavy atom. The molecule has 2 nitrogen and oxygen atoms in total. The lowest BCUT2D eigenvalue weighted by molar-refractivity contribution is 0.515. The maximum absolute atomic E-state index is 10.2. The smallest absolute Gasteiger partial charge is 0.136 e. The minimum absolute atomic E-state index is 0.206. The number of hydrogen-bond acceptors (Lipinski definition) is 2. The molecule has 0 aliphatic heterocycles. The van der Waals surface area contributed by atoms with Crippen molar-refractivity contribution in [2.75, 3.05) is 0 Å². The molecule has 1 heterocycles. The van der Waals surface area contributed by atoms with Crippen molar-refractivity contribution in [1.82, 2.24) is 4.98 Å². The number of pyridine rings is 1. The van der Waals surface area contributed by atoms with E-state index in [1.807, 2.05) is 54.6 Å². The van der Waals surface area contributed by atoms with Gasteiger partial charge in [0.2, 0.25) is 0 Å². The monoisotopic (exact) mass is 281 g/mol. The van der Waals surface area contributed by atoms with E-state index in [-0.39, 0.29) is 5.76 Å². The van der Waals surface area contributed by atoms with E-state index in [1.54, 1.807) is 12.3 Å². The molecule has 0 unspecified atom stereocenters. The number of halogens is 1. The molecule has 0 saturated carbocycles. The Balaban J connectivity index is 2.06. The van der Waals surface area contributed by atoms with Crippen molar-refractivity contribution >= 4 is 34.2 Å². The van der Waals surface area contributed by atoms with Crippen LogP contribution >= 0.6 is 11.6 Å². The summed E-state index contributed by atoms with van der Waals surface area (Å²) < 4.78 is 0. The van der Waals surface area contributed by atoms with E-state index in [0.717, 1.165) is 21.9 Å². The molecule has 0 amide bonds. The number of aliphatic hydroxyl groups excluding tert-OH is 1. The molecule has 1 aromatic heterocycles. The summed E-state index contributed by atoms with van der Waals surface area (Å²) in [5, 5.41) is 12.5. The van der Waals surface area contributed by atoms with Crippen LogP contribution in [-0.2, 0) is 0 Å². The number of hydrogen-bond donors (Lipinski definition) is 1. The summed E-state index contributed by atoms with van der Waals surface area (Å²) in [5.41, 5.74) is 1.67. The molecule has 3 heteroatoms. The number of benzene rings is 2. The molecule has 2 aromatic carbocycles. The lowest BCUT2D eigenvalue weighted by atomic mass is 10.1. The van der Waals surface area contributed by atoms with Gasteiger partial charge in [-0.1, -0.05) is 54.1 Å². The van der Waals surface area contributed by atoms with Gasteiger partial charge < -0.3 is 5.11 Å². The zero-order chi connectivity index (χ0) is 13.9. The number of nitrogens with zero attached hydrogens (tertiary/aromatic N) is 1. The van der Waals surface area contributed by atoms with Gasteiger partial charge in [0.15, 0.2) is 0 Å². The molecule has 0 atom stereocenters. The van der Waals surface area contributed by atoms with Gasteiger partial charge in [0.05, 0.1) is 0 Å². The average molecular weight is 282 g/mol. The highest BCUT2D eigenvalue weighted by atomic mass is 35.5. The van der Waals surface area contributed by atoms with E-state index >= 15 is 0 Å². The standard InChI is InChI=1S/C17H12ClNO/c18-17-15-11-14(7-6-13(15)8-9-19-17)16(20)10-12-4-2-1-3-5-12/h1-11,20H. The Kier molecular flexibility index (Phi) is 3.40. The van der Waals surface area contributed by atoms with Gasteiger partial charge in [-0.05, 0) is 29.2 Å². The van der Waals surface area contributed by atoms with Crippen molar-refractivity contribution in [1.29, 1.82) is 0 Å². The van der Waals surface area contributed by atoms with Gasteiger partial charge in [-0.3, -0.25) is 0 Å². The van der Waals surface area contributed by atoms with Gasteiger partial charge in [0.25, 0.3) is 0 Å². The summed E-state index contributed by atoms with van der Waals surface area (Å²) >= 11 is 6.08. The molecule has 0 saturated heterocycles. The van der Waals surface area contributed by atoms with Gasteiger partial charge >= 0.3 is 0 Å². The zero-order valence-electron chi connectivity index (χ0n) is 10.6. The Morgan fingerprint density at radius 2 is 1.85 bits per heavy atom. The van der Waals surface area contributed by atoms with Crippen LogP contribution in [0.3, 0.4) is 0 Å². The van der Waals surface area contributed by atoms with Crippen LogP contribution in [0.1, 0.15) is 11.1 Å². The van der Waals surface area contributed by atoms with Crippen molar-refractivity contribution in [3.63, 3.8) is 0 Å². The third-order valence-corrected chi connectivity index (χ3v) is 3.42. The lowest BCUT2D eigenvalue weighted by Crippen LogP contribution is -1.85. The summed E-state index contributed by atoms with van der Waals surface area (Å²) in [4.78, 5) is 4.06. The fraction of sp³-hybridized carbons (Fsp3) is 0. The van der Waals surface area contributed by atoms with Crippen LogP contribution in [-0.4, -0.2) is 10.1 Å². The fourth-order valence-corrected chi connectivity index (χ4v) is 2.30. The first-order chi connectivity index (χ1) is 9.74. The summed E-state index contributed by atoms with van der Waals surface area (Å²) in [6.45, 7) is 0. The maximum atomic E-state index is 10.2. The lowest BCUT2D eigenvalue weighted by Gasteiger charge is -2.04. The largest absolute Gasteiger partial charge is 0.507 e. The SMILES string of the molecule is OC(=Cc1ccccc1)c1ccc2ccnc(Cl)c2c1. The summed E-state index contributed by atoms with van der Waals surface area (Å²) in [6, 6.07) is 17.2. The van der Waals surface area contributed by atoms with E-state index in [9.17, 15) is 5.11 Å². The minimum atomic E-state index is 0.206. The average Bonchev–Trinajstić information content (AvgIpc) is 2.48. The van der Waals surface area contributed by atoms with Gasteiger partial charge in [-0.15, -0.1) is 0 Å². The van der Waals surface area contributed by atoms with E-state index in [2.05, 4.69) is 4.98 Å². The van der Waals surface area contributed by atoms with Crippen LogP contribution in [0.5, 0.6) is 0 Å². The molecule has 0 aliphatic carbocycles. The quantitative estimate of drug-likeness (QED) is 0.410. The number of rotatable bonds is 2. The van der Waals surface area contributed by atoms with Crippen LogP contribution < -0.4 is 0 Å². The number of aromatic nitrogens is 1. The van der Waals surface area contributed by atoms with Gasteiger partial charge in [-0.25, -0.2) is 4.98 Å². The van der Waals surface area contributed by atoms with Gasteiger partial charge in [0, 0.05) is 17.1 Å². The van der Waals surface area contributed by atoms with Crippen LogP contribution in [0.4, 0.5) is 0 Å². The number of aliphatic hydroxyl groups is 1. The molecule has 0 bridgehead atoms. The van der Waals surface area contributed by atoms with Crippen LogP contribution in [0, 0.1) is 0 Å². The highest BCUT2D eigenvalue weighted by molar-refractivity contribution is 6.34. The Hall–Kier alpha value is -2.32. The highest BCUT2D eigenvalue weighted by Crippen LogP contribution is 2.25. The Bertz CT molecular complexity index is 781. The second-order valence-electron chi connectivity index (χ2n) is 4.48. The van der Waals surface area contributed by atoms with E-state index < -0.39 is 0 Å². The minimum Gasteiger partial charge on any atom is -0.507 e. The van der Waals surface area contributed by atoms with Crippen LogP contribution in [0.15, 0.2) is 60.8 Å². The normalized spacial score (nSPS) is 11.8. The topological polar surface area (TPSA) is 33.1 Å². The fourth-order valence-electron chi connectivity index (χ4n) is 2.08. The van der Waals surface area contributed by atoms with Gasteiger partial charge in [0.1, 0.15) is 10.9 Å². The molecule has 98 valence electrons. The predicted octanol–water partition coefficient (Wildman–Crippen LogP) is 4.94. The van der Waals surface area contributed by atoms with Crippen molar-refractivity contribution in [2.45, 2.75) is 0 Å². The third kappa shape index (κ3) is 2.51. The molecule has 3 aromatic rings. The first kappa shape index (κ1) is 12.7. The summed E-state index contributed by atoms with van der Waals surface area (Å²) in [6.07, 6.45) is 3.40. The van der Waals surface area contributed by atoms with Crippen LogP contribution in [0.2, 0.25) is 5.15 Å². The molecular weight excluding hydrogens is 270 g/mol. The van der Waals surface area contributed by atoms with Crippen molar-refractivity contribution in [3.8, 4) is 0 Å². The summed E-state index contributed by atoms with van der Waals surface area (Å²) in [5.74, 6) is 0.206. The first-order valence-electron chi connectivity index (χ1n) is 6.24. The highest BCUT2D eigenvalue weighted by Gasteiger charge is 2.04. The second-order valence-corrected chi connectivity index (χ2v) is 4.84. The number of fused-ring (bicyclic) bond motifs is 1. The predicted molar refractivity (Wildman–Crippen MR) is 83.7 cm³/mol.